The van der Waals surface area contributed by atoms with Crippen molar-refractivity contribution < 1.29 is 4.79 Å². The number of rotatable bonds is 2. The van der Waals surface area contributed by atoms with E-state index in [4.69, 9.17) is 0 Å². The maximum atomic E-state index is 12.3. The van der Waals surface area contributed by atoms with E-state index in [0.717, 1.165) is 10.8 Å². The van der Waals surface area contributed by atoms with Crippen LogP contribution in [-0.2, 0) is 0 Å². The van der Waals surface area contributed by atoms with Gasteiger partial charge < -0.3 is 0 Å². The van der Waals surface area contributed by atoms with E-state index in [1.54, 1.807) is 12.1 Å². The maximum absolute atomic E-state index is 12.3. The molecule has 0 fully saturated rings. The lowest BCUT2D eigenvalue weighted by Gasteiger charge is -2.04. The minimum Gasteiger partial charge on any atom is -0.281 e. The smallest absolute Gasteiger partial charge is 0.281 e. The molecule has 0 aliphatic carbocycles. The van der Waals surface area contributed by atoms with Crippen molar-refractivity contribution >= 4 is 27.6 Å². The van der Waals surface area contributed by atoms with Crippen molar-refractivity contribution in [2.24, 2.45) is 0 Å². The van der Waals surface area contributed by atoms with Crippen LogP contribution < -0.4 is 11.2 Å². The van der Waals surface area contributed by atoms with Crippen molar-refractivity contribution in [3.05, 3.63) is 68.9 Å². The Morgan fingerprint density at radius 2 is 1.81 bits per heavy atom. The van der Waals surface area contributed by atoms with Crippen molar-refractivity contribution in [3.63, 3.8) is 0 Å². The Morgan fingerprint density at radius 1 is 1.05 bits per heavy atom. The number of nitrogens with zero attached hydrogens (tertiary/aromatic N) is 1. The highest BCUT2D eigenvalue weighted by molar-refractivity contribution is 8.14. The molecule has 0 atom stereocenters. The van der Waals surface area contributed by atoms with Crippen LogP contribution in [0.15, 0.2) is 57.1 Å². The van der Waals surface area contributed by atoms with Gasteiger partial charge in [0.1, 0.15) is 0 Å². The van der Waals surface area contributed by atoms with Gasteiger partial charge in [0.25, 0.3) is 5.56 Å². The molecule has 2 aromatic carbocycles. The second-order valence-electron chi connectivity index (χ2n) is 4.23. The van der Waals surface area contributed by atoms with Gasteiger partial charge >= 0.3 is 5.69 Å². The Morgan fingerprint density at radius 3 is 2.62 bits per heavy atom. The zero-order valence-electron chi connectivity index (χ0n) is 10.6. The van der Waals surface area contributed by atoms with Crippen LogP contribution in [0.2, 0.25) is 0 Å². The fourth-order valence-corrected chi connectivity index (χ4v) is 2.65. The summed E-state index contributed by atoms with van der Waals surface area (Å²) < 4.78 is 0. The largest absolute Gasteiger partial charge is 0.342 e. The van der Waals surface area contributed by atoms with E-state index in [-0.39, 0.29) is 10.1 Å². The molecule has 21 heavy (non-hydrogen) atoms. The summed E-state index contributed by atoms with van der Waals surface area (Å²) in [5.74, 6) is 0. The van der Waals surface area contributed by atoms with E-state index in [1.165, 1.54) is 0 Å². The molecule has 0 aliphatic rings. The second-order valence-corrected chi connectivity index (χ2v) is 5.19. The SMILES string of the molecule is O=C(Sc1n[nH]c(=O)[nH]c1=O)c1cccc2ccccc12. The lowest BCUT2D eigenvalue weighted by molar-refractivity contribution is 0.109. The summed E-state index contributed by atoms with van der Waals surface area (Å²) in [6, 6.07) is 12.8. The Balaban J connectivity index is 2.01. The minimum atomic E-state index is -0.707. The van der Waals surface area contributed by atoms with Crippen LogP contribution >= 0.6 is 11.8 Å². The van der Waals surface area contributed by atoms with E-state index >= 15 is 0 Å². The molecule has 0 radical (unpaired) electrons. The number of hydrogen-bond donors (Lipinski definition) is 2. The number of nitrogens with one attached hydrogen (secondary N) is 2. The Labute approximate surface area is 122 Å². The van der Waals surface area contributed by atoms with Crippen molar-refractivity contribution in [3.8, 4) is 0 Å². The van der Waals surface area contributed by atoms with Crippen LogP contribution in [-0.4, -0.2) is 20.3 Å². The zero-order valence-corrected chi connectivity index (χ0v) is 11.4. The van der Waals surface area contributed by atoms with Gasteiger partial charge in [0, 0.05) is 5.56 Å². The molecule has 3 rings (SSSR count). The second kappa shape index (κ2) is 5.37. The molecule has 0 saturated carbocycles. The highest BCUT2D eigenvalue weighted by Crippen LogP contribution is 2.24. The monoisotopic (exact) mass is 299 g/mol. The first-order valence-corrected chi connectivity index (χ1v) is 6.86. The molecule has 6 nitrogen and oxygen atoms in total. The quantitative estimate of drug-likeness (QED) is 0.700. The number of benzene rings is 2. The summed E-state index contributed by atoms with van der Waals surface area (Å²) in [7, 11) is 0. The van der Waals surface area contributed by atoms with Crippen LogP contribution in [0.4, 0.5) is 0 Å². The van der Waals surface area contributed by atoms with E-state index in [9.17, 15) is 14.4 Å². The van der Waals surface area contributed by atoms with Crippen LogP contribution in [0.5, 0.6) is 0 Å². The first-order valence-electron chi connectivity index (χ1n) is 6.04. The zero-order chi connectivity index (χ0) is 14.8. The number of carbonyl (C=O) groups excluding carboxylic acids is 1. The van der Waals surface area contributed by atoms with Gasteiger partial charge in [-0.15, -0.1) is 0 Å². The molecule has 1 heterocycles. The summed E-state index contributed by atoms with van der Waals surface area (Å²) >= 11 is 0.683. The average Bonchev–Trinajstić information content (AvgIpc) is 2.49. The Kier molecular flexibility index (Phi) is 3.41. The standard InChI is InChI=1S/C14H9N3O3S/c18-11-12(16-17-14(20)15-11)21-13(19)10-7-3-5-8-4-1-2-6-9(8)10/h1-7H,(H2,15,17,18,20). The normalized spacial score (nSPS) is 10.7. The van der Waals surface area contributed by atoms with Gasteiger partial charge in [0.15, 0.2) is 5.03 Å². The molecule has 0 unspecified atom stereocenters. The van der Waals surface area contributed by atoms with Gasteiger partial charge in [-0.2, -0.15) is 5.10 Å². The van der Waals surface area contributed by atoms with Gasteiger partial charge in [0.2, 0.25) is 5.12 Å². The first kappa shape index (κ1) is 13.3. The van der Waals surface area contributed by atoms with Crippen LogP contribution in [0, 0.1) is 0 Å². The molecule has 0 amide bonds. The molecule has 7 heteroatoms. The highest BCUT2D eigenvalue weighted by atomic mass is 32.2. The topological polar surface area (TPSA) is 95.7 Å². The number of hydrogen-bond acceptors (Lipinski definition) is 5. The lowest BCUT2D eigenvalue weighted by atomic mass is 10.1. The van der Waals surface area contributed by atoms with Gasteiger partial charge in [-0.05, 0) is 28.6 Å². The van der Waals surface area contributed by atoms with Crippen LogP contribution in [0.3, 0.4) is 0 Å². The summed E-state index contributed by atoms with van der Waals surface area (Å²) in [4.78, 5) is 36.8. The van der Waals surface area contributed by atoms with E-state index in [0.29, 0.717) is 17.3 Å². The summed E-state index contributed by atoms with van der Waals surface area (Å²) in [6.07, 6.45) is 0. The molecule has 3 aromatic rings. The van der Waals surface area contributed by atoms with E-state index < -0.39 is 11.2 Å². The predicted octanol–water partition coefficient (Wildman–Crippen LogP) is 1.54. The lowest BCUT2D eigenvalue weighted by Crippen LogP contribution is -2.25. The van der Waals surface area contributed by atoms with Crippen LogP contribution in [0.25, 0.3) is 10.8 Å². The third-order valence-electron chi connectivity index (χ3n) is 2.88. The molecular formula is C14H9N3O3S. The van der Waals surface area contributed by atoms with Crippen molar-refractivity contribution in [2.45, 2.75) is 5.03 Å². The van der Waals surface area contributed by atoms with Gasteiger partial charge in [0.05, 0.1) is 0 Å². The summed E-state index contributed by atoms with van der Waals surface area (Å²) in [5, 5.41) is 7.03. The van der Waals surface area contributed by atoms with Crippen molar-refractivity contribution in [1.29, 1.82) is 0 Å². The molecule has 0 aliphatic heterocycles. The number of aromatic nitrogens is 3. The third-order valence-corrected chi connectivity index (χ3v) is 3.75. The van der Waals surface area contributed by atoms with E-state index in [1.807, 2.05) is 35.3 Å². The molecule has 1 aromatic heterocycles. The minimum absolute atomic E-state index is 0.0902. The molecule has 104 valence electrons. The predicted molar refractivity (Wildman–Crippen MR) is 79.6 cm³/mol. The van der Waals surface area contributed by atoms with E-state index in [2.05, 4.69) is 10.2 Å². The maximum Gasteiger partial charge on any atom is 0.342 e. The Hall–Kier alpha value is -2.67. The summed E-state index contributed by atoms with van der Waals surface area (Å²) in [6.45, 7) is 0. The molecule has 0 spiro atoms. The third kappa shape index (κ3) is 2.63. The van der Waals surface area contributed by atoms with Gasteiger partial charge in [-0.3, -0.25) is 14.6 Å². The molecule has 0 saturated heterocycles. The summed E-state index contributed by atoms with van der Waals surface area (Å²) in [5.41, 5.74) is -0.898. The fourth-order valence-electron chi connectivity index (χ4n) is 1.95. The van der Waals surface area contributed by atoms with Gasteiger partial charge in [-0.1, -0.05) is 36.4 Å². The number of carbonyl (C=O) groups is 1. The van der Waals surface area contributed by atoms with Crippen molar-refractivity contribution in [1.82, 2.24) is 15.2 Å². The fraction of sp³-hybridized carbons (Fsp3) is 0. The molecular weight excluding hydrogens is 290 g/mol. The highest BCUT2D eigenvalue weighted by Gasteiger charge is 2.14. The Bertz CT molecular complexity index is 940. The van der Waals surface area contributed by atoms with Gasteiger partial charge in [-0.25, -0.2) is 9.89 Å². The number of thioether (sulfide) groups is 1. The average molecular weight is 299 g/mol. The van der Waals surface area contributed by atoms with Crippen molar-refractivity contribution in [2.75, 3.05) is 0 Å². The van der Waals surface area contributed by atoms with Crippen LogP contribution in [0.1, 0.15) is 10.4 Å². The number of aromatic amines is 2. The molecule has 2 N–H and O–H groups in total. The number of fused-ring (bicyclic) bond motifs is 1. The first-order chi connectivity index (χ1) is 10.1. The molecule has 0 bridgehead atoms. The number of H-pyrrole nitrogens is 2.